The van der Waals surface area contributed by atoms with E-state index in [1.807, 2.05) is 0 Å². The van der Waals surface area contributed by atoms with E-state index >= 15 is 0 Å². The molecule has 0 spiro atoms. The third kappa shape index (κ3) is 35.3. The molecule has 0 aliphatic carbocycles. The average Bonchev–Trinajstić information content (AvgIpc) is 3.06. The fourth-order valence-electron chi connectivity index (χ4n) is 6.22. The van der Waals surface area contributed by atoms with Crippen molar-refractivity contribution in [2.24, 2.45) is 0 Å². The molecule has 7 nitrogen and oxygen atoms in total. The first-order chi connectivity index (χ1) is 23.0. The maximum absolute atomic E-state index is 12.6. The lowest BCUT2D eigenvalue weighted by Crippen LogP contribution is -2.45. The predicted octanol–water partition coefficient (Wildman–Crippen LogP) is 11.8. The number of unbranched alkanes of at least 4 members (excludes halogenated alkanes) is 29. The van der Waals surface area contributed by atoms with Crippen molar-refractivity contribution < 1.29 is 24.2 Å². The molecular formula is C40H78N2O5. The first-order valence-corrected chi connectivity index (χ1v) is 20.4. The van der Waals surface area contributed by atoms with E-state index < -0.39 is 24.1 Å². The molecular weight excluding hydrogens is 588 g/mol. The van der Waals surface area contributed by atoms with Crippen LogP contribution in [0.15, 0.2) is 0 Å². The lowest BCUT2D eigenvalue weighted by Gasteiger charge is -2.17. The number of carboxylic acid groups (broad SMARTS) is 1. The van der Waals surface area contributed by atoms with Gasteiger partial charge in [-0.1, -0.05) is 200 Å². The Morgan fingerprint density at radius 2 is 0.787 bits per heavy atom. The van der Waals surface area contributed by atoms with Crippen molar-refractivity contribution in [1.82, 2.24) is 10.6 Å². The summed E-state index contributed by atoms with van der Waals surface area (Å²) in [6.45, 7) is 4.81. The minimum atomic E-state index is -1.24. The van der Waals surface area contributed by atoms with E-state index in [-0.39, 0.29) is 13.0 Å². The highest BCUT2D eigenvalue weighted by atomic mass is 16.5. The molecule has 0 aromatic carbocycles. The number of esters is 1. The Balaban J connectivity index is 3.79. The highest BCUT2D eigenvalue weighted by Crippen LogP contribution is 2.15. The summed E-state index contributed by atoms with van der Waals surface area (Å²) in [4.78, 5) is 36.0. The zero-order valence-corrected chi connectivity index (χ0v) is 31.2. The number of hydrogen-bond acceptors (Lipinski definition) is 4. The highest BCUT2D eigenvalue weighted by Gasteiger charge is 2.23. The predicted molar refractivity (Wildman–Crippen MR) is 198 cm³/mol. The van der Waals surface area contributed by atoms with Crippen LogP contribution >= 0.6 is 0 Å². The molecule has 0 aromatic rings. The van der Waals surface area contributed by atoms with Crippen molar-refractivity contribution in [3.8, 4) is 0 Å². The van der Waals surface area contributed by atoms with Crippen molar-refractivity contribution >= 4 is 18.0 Å². The van der Waals surface area contributed by atoms with Gasteiger partial charge in [-0.2, -0.15) is 0 Å². The first-order valence-electron chi connectivity index (χ1n) is 20.4. The molecule has 2 amide bonds. The molecule has 0 radical (unpaired) electrons. The Hall–Kier alpha value is -1.79. The molecule has 3 N–H and O–H groups in total. The van der Waals surface area contributed by atoms with Crippen molar-refractivity contribution in [2.45, 2.75) is 225 Å². The van der Waals surface area contributed by atoms with E-state index in [0.717, 1.165) is 38.5 Å². The molecule has 278 valence electrons. The Morgan fingerprint density at radius 3 is 1.13 bits per heavy atom. The Bertz CT molecular complexity index is 702. The zero-order chi connectivity index (χ0) is 34.5. The van der Waals surface area contributed by atoms with Crippen LogP contribution in [0.4, 0.5) is 4.79 Å². The van der Waals surface area contributed by atoms with E-state index in [0.29, 0.717) is 6.54 Å². The largest absolute Gasteiger partial charge is 0.465 e. The van der Waals surface area contributed by atoms with Gasteiger partial charge in [0.15, 0.2) is 6.10 Å². The van der Waals surface area contributed by atoms with Gasteiger partial charge in [-0.05, 0) is 12.8 Å². The van der Waals surface area contributed by atoms with Crippen LogP contribution < -0.4 is 10.6 Å². The van der Waals surface area contributed by atoms with Gasteiger partial charge in [-0.15, -0.1) is 0 Å². The van der Waals surface area contributed by atoms with E-state index in [4.69, 9.17) is 9.84 Å². The monoisotopic (exact) mass is 667 g/mol. The van der Waals surface area contributed by atoms with Crippen LogP contribution in [0, 0.1) is 0 Å². The van der Waals surface area contributed by atoms with Gasteiger partial charge >= 0.3 is 12.1 Å². The minimum absolute atomic E-state index is 0.231. The molecule has 0 heterocycles. The zero-order valence-electron chi connectivity index (χ0n) is 31.2. The normalized spacial score (nSPS) is 11.8. The van der Waals surface area contributed by atoms with Crippen molar-refractivity contribution in [1.29, 1.82) is 0 Å². The number of hydrogen-bond donors (Lipinski definition) is 3. The smallest absolute Gasteiger partial charge is 0.404 e. The summed E-state index contributed by atoms with van der Waals surface area (Å²) in [5, 5.41) is 14.0. The summed E-state index contributed by atoms with van der Waals surface area (Å²) in [7, 11) is 0. The number of amides is 2. The third-order valence-electron chi connectivity index (χ3n) is 9.32. The Morgan fingerprint density at radius 1 is 0.468 bits per heavy atom. The van der Waals surface area contributed by atoms with Gasteiger partial charge in [-0.25, -0.2) is 4.79 Å². The van der Waals surface area contributed by atoms with Gasteiger partial charge in [-0.3, -0.25) is 9.59 Å². The van der Waals surface area contributed by atoms with Crippen molar-refractivity contribution in [3.63, 3.8) is 0 Å². The summed E-state index contributed by atoms with van der Waals surface area (Å²) in [5.74, 6) is -0.862. The van der Waals surface area contributed by atoms with Crippen LogP contribution in [-0.2, 0) is 14.3 Å². The van der Waals surface area contributed by atoms with Crippen LogP contribution in [0.3, 0.4) is 0 Å². The van der Waals surface area contributed by atoms with Crippen molar-refractivity contribution in [3.05, 3.63) is 0 Å². The first kappa shape index (κ1) is 45.2. The fourth-order valence-corrected chi connectivity index (χ4v) is 6.22. The second-order valence-corrected chi connectivity index (χ2v) is 14.0. The van der Waals surface area contributed by atoms with Crippen LogP contribution in [0.2, 0.25) is 0 Å². The van der Waals surface area contributed by atoms with Gasteiger partial charge in [0.25, 0.3) is 5.91 Å². The second-order valence-electron chi connectivity index (χ2n) is 14.0. The van der Waals surface area contributed by atoms with E-state index in [9.17, 15) is 14.4 Å². The highest BCUT2D eigenvalue weighted by molar-refractivity contribution is 5.84. The second kappa shape index (κ2) is 37.0. The molecule has 0 aromatic heterocycles. The summed E-state index contributed by atoms with van der Waals surface area (Å²) < 4.78 is 5.39. The van der Waals surface area contributed by atoms with Gasteiger partial charge in [0.1, 0.15) is 0 Å². The SMILES string of the molecule is CCCCCCCCCCCCCCCCCCNC(=O)C(CNC(=O)O)OC(=O)CCCCCCCCCCCCCCCCC. The van der Waals surface area contributed by atoms with Gasteiger partial charge in [0.2, 0.25) is 0 Å². The third-order valence-corrected chi connectivity index (χ3v) is 9.32. The number of carbonyl (C=O) groups excluding carboxylic acids is 2. The number of carbonyl (C=O) groups is 3. The number of rotatable bonds is 37. The van der Waals surface area contributed by atoms with Crippen LogP contribution in [-0.4, -0.2) is 42.3 Å². The molecule has 0 rings (SSSR count). The van der Waals surface area contributed by atoms with E-state index in [1.165, 1.54) is 161 Å². The molecule has 0 fully saturated rings. The lowest BCUT2D eigenvalue weighted by atomic mass is 10.0. The number of ether oxygens (including phenoxy) is 1. The summed E-state index contributed by atoms with van der Waals surface area (Å²) in [6, 6.07) is 0. The van der Waals surface area contributed by atoms with E-state index in [2.05, 4.69) is 24.5 Å². The Labute approximate surface area is 290 Å². The fraction of sp³-hybridized carbons (Fsp3) is 0.925. The molecule has 0 aliphatic heterocycles. The molecule has 7 heteroatoms. The number of nitrogens with one attached hydrogen (secondary N) is 2. The summed E-state index contributed by atoms with van der Waals surface area (Å²) in [6.07, 6.45) is 37.5. The van der Waals surface area contributed by atoms with Gasteiger partial charge in [0, 0.05) is 13.0 Å². The lowest BCUT2D eigenvalue weighted by molar-refractivity contribution is -0.155. The van der Waals surface area contributed by atoms with Crippen LogP contribution in [0.25, 0.3) is 0 Å². The van der Waals surface area contributed by atoms with Crippen molar-refractivity contribution in [2.75, 3.05) is 13.1 Å². The molecule has 0 bridgehead atoms. The van der Waals surface area contributed by atoms with Gasteiger partial charge < -0.3 is 20.5 Å². The minimum Gasteiger partial charge on any atom is -0.465 e. The maximum Gasteiger partial charge on any atom is 0.404 e. The molecule has 1 atom stereocenters. The Kier molecular flexibility index (Phi) is 35.6. The van der Waals surface area contributed by atoms with Crippen LogP contribution in [0.1, 0.15) is 219 Å². The topological polar surface area (TPSA) is 105 Å². The average molecular weight is 667 g/mol. The molecule has 47 heavy (non-hydrogen) atoms. The molecule has 0 saturated carbocycles. The molecule has 1 unspecified atom stereocenters. The summed E-state index contributed by atoms with van der Waals surface area (Å²) in [5.41, 5.74) is 0. The quantitative estimate of drug-likeness (QED) is 0.0452. The van der Waals surface area contributed by atoms with E-state index in [1.54, 1.807) is 0 Å². The maximum atomic E-state index is 12.6. The summed E-state index contributed by atoms with van der Waals surface area (Å²) >= 11 is 0. The standard InChI is InChI=1S/C40H78N2O5/c1-3-5-7-9-11-13-15-17-19-21-23-25-27-29-31-33-35-41-39(44)37(36-42-40(45)46)47-38(43)34-32-30-28-26-24-22-20-18-16-14-12-10-8-6-4-2/h37,42H,3-36H2,1-2H3,(H,41,44)(H,45,46). The van der Waals surface area contributed by atoms with Crippen LogP contribution in [0.5, 0.6) is 0 Å². The van der Waals surface area contributed by atoms with Gasteiger partial charge in [0.05, 0.1) is 6.54 Å². The molecule has 0 saturated heterocycles. The molecule has 0 aliphatic rings.